The van der Waals surface area contributed by atoms with Crippen LogP contribution in [-0.2, 0) is 24.4 Å². The topological polar surface area (TPSA) is 174 Å². The van der Waals surface area contributed by atoms with Gasteiger partial charge in [-0.15, -0.1) is 0 Å². The largest absolute Gasteiger partial charge is 0.496 e. The maximum absolute atomic E-state index is 14.7. The first-order valence-corrected chi connectivity index (χ1v) is 22.1. The molecule has 5 atom stereocenters. The number of hydrogen-bond donors (Lipinski definition) is 2. The molecular formula is C42H57N5O9S. The molecule has 1 aromatic carbocycles. The van der Waals surface area contributed by atoms with Crippen molar-refractivity contribution in [3.8, 4) is 17.4 Å². The number of hydrogen-bond acceptors (Lipinski definition) is 10. The zero-order valence-corrected chi connectivity index (χ0v) is 34.6. The van der Waals surface area contributed by atoms with E-state index in [9.17, 15) is 27.6 Å². The van der Waals surface area contributed by atoms with Crippen LogP contribution in [0.2, 0.25) is 0 Å². The van der Waals surface area contributed by atoms with Gasteiger partial charge in [0.15, 0.2) is 5.78 Å². The SMILES string of the molecule is COc1ccc2c(O[C@@H]3C[C@H]4C(=O)C[C@]5(C(=O)NS(=O)(=O)C6(C)CC6)C[C@H]5/C=C\CCCCC[C@H](NC(=O)N5CCCC5)C(=O)N4C3)cc(OC(C)C)nc2c1C. The molecule has 7 rings (SSSR count). The van der Waals surface area contributed by atoms with Crippen molar-refractivity contribution in [1.29, 1.82) is 0 Å². The van der Waals surface area contributed by atoms with Gasteiger partial charge in [-0.3, -0.25) is 19.1 Å². The van der Waals surface area contributed by atoms with Gasteiger partial charge in [0.05, 0.1) is 41.5 Å². The number of carbonyl (C=O) groups excluding carboxylic acids is 4. The number of methoxy groups -OCH3 is 1. The third-order valence-electron chi connectivity index (χ3n) is 12.5. The van der Waals surface area contributed by atoms with E-state index in [4.69, 9.17) is 19.2 Å². The highest BCUT2D eigenvalue weighted by Crippen LogP contribution is 2.57. The van der Waals surface area contributed by atoms with Gasteiger partial charge >= 0.3 is 6.03 Å². The number of ketones is 1. The number of allylic oxidation sites excluding steroid dienone is 2. The Morgan fingerprint density at radius 2 is 1.79 bits per heavy atom. The van der Waals surface area contributed by atoms with Gasteiger partial charge in [-0.05, 0) is 97.1 Å². The molecule has 2 aliphatic carbocycles. The fourth-order valence-electron chi connectivity index (χ4n) is 8.61. The molecule has 310 valence electrons. The summed E-state index contributed by atoms with van der Waals surface area (Å²) in [6.45, 7) is 8.62. The van der Waals surface area contributed by atoms with Crippen molar-refractivity contribution in [3.63, 3.8) is 0 Å². The maximum Gasteiger partial charge on any atom is 0.318 e. The quantitative estimate of drug-likeness (QED) is 0.315. The fourth-order valence-corrected chi connectivity index (χ4v) is 9.94. The van der Waals surface area contributed by atoms with Crippen molar-refractivity contribution in [3.05, 3.63) is 35.9 Å². The first-order chi connectivity index (χ1) is 27.1. The smallest absolute Gasteiger partial charge is 0.318 e. The first-order valence-electron chi connectivity index (χ1n) is 20.6. The molecule has 1 aromatic heterocycles. The van der Waals surface area contributed by atoms with E-state index in [0.29, 0.717) is 73.5 Å². The normalized spacial score (nSPS) is 28.2. The van der Waals surface area contributed by atoms with Crippen molar-refractivity contribution in [2.24, 2.45) is 11.3 Å². The average Bonchev–Trinajstić information content (AvgIpc) is 3.91. The molecule has 2 saturated heterocycles. The van der Waals surface area contributed by atoms with Gasteiger partial charge in [-0.2, -0.15) is 0 Å². The summed E-state index contributed by atoms with van der Waals surface area (Å²) in [5, 5.41) is 3.72. The molecule has 2 aromatic rings. The van der Waals surface area contributed by atoms with Gasteiger partial charge in [-0.1, -0.05) is 25.0 Å². The number of benzene rings is 1. The van der Waals surface area contributed by atoms with Crippen LogP contribution >= 0.6 is 0 Å². The summed E-state index contributed by atoms with van der Waals surface area (Å²) in [6, 6.07) is 3.27. The molecule has 0 unspecified atom stereocenters. The Bertz CT molecular complexity index is 2040. The van der Waals surface area contributed by atoms with Crippen LogP contribution in [0.3, 0.4) is 0 Å². The summed E-state index contributed by atoms with van der Waals surface area (Å²) >= 11 is 0. The predicted molar refractivity (Wildman–Crippen MR) is 214 cm³/mol. The van der Waals surface area contributed by atoms with Crippen LogP contribution in [0.15, 0.2) is 30.4 Å². The summed E-state index contributed by atoms with van der Waals surface area (Å²) in [7, 11) is -2.36. The molecule has 3 aliphatic heterocycles. The second kappa shape index (κ2) is 16.1. The number of carbonyl (C=O) groups is 4. The Kier molecular flexibility index (Phi) is 11.5. The highest BCUT2D eigenvalue weighted by Gasteiger charge is 2.62. The Morgan fingerprint density at radius 3 is 2.49 bits per heavy atom. The lowest BCUT2D eigenvalue weighted by Gasteiger charge is -2.30. The Morgan fingerprint density at radius 1 is 1.04 bits per heavy atom. The van der Waals surface area contributed by atoms with E-state index in [1.807, 2.05) is 45.1 Å². The Hall–Kier alpha value is -4.40. The van der Waals surface area contributed by atoms with E-state index < -0.39 is 44.3 Å². The molecule has 0 bridgehead atoms. The number of fused-ring (bicyclic) bond motifs is 3. The highest BCUT2D eigenvalue weighted by atomic mass is 32.2. The highest BCUT2D eigenvalue weighted by molar-refractivity contribution is 7.91. The second-order valence-corrected chi connectivity index (χ2v) is 19.3. The van der Waals surface area contributed by atoms with Crippen LogP contribution in [0.1, 0.15) is 103 Å². The van der Waals surface area contributed by atoms with E-state index >= 15 is 0 Å². The number of urea groups is 1. The second-order valence-electron chi connectivity index (χ2n) is 17.2. The van der Waals surface area contributed by atoms with Crippen molar-refractivity contribution < 1.29 is 41.8 Å². The first kappa shape index (κ1) is 40.8. The van der Waals surface area contributed by atoms with Crippen molar-refractivity contribution in [2.75, 3.05) is 26.7 Å². The molecule has 57 heavy (non-hydrogen) atoms. The maximum atomic E-state index is 14.7. The van der Waals surface area contributed by atoms with Crippen molar-refractivity contribution >= 4 is 44.6 Å². The van der Waals surface area contributed by atoms with E-state index in [-0.39, 0.29) is 49.1 Å². The number of rotatable bonds is 9. The minimum atomic E-state index is -3.95. The minimum absolute atomic E-state index is 0.0555. The van der Waals surface area contributed by atoms with Crippen LogP contribution in [0.5, 0.6) is 17.4 Å². The molecule has 2 N–H and O–H groups in total. The van der Waals surface area contributed by atoms with E-state index in [0.717, 1.165) is 37.7 Å². The number of sulfonamides is 1. The Balaban J connectivity index is 1.22. The lowest BCUT2D eigenvalue weighted by Crippen LogP contribution is -2.54. The zero-order chi connectivity index (χ0) is 40.7. The van der Waals surface area contributed by atoms with Gasteiger partial charge in [0, 0.05) is 42.9 Å². The minimum Gasteiger partial charge on any atom is -0.496 e. The van der Waals surface area contributed by atoms with Gasteiger partial charge in [-0.25, -0.2) is 18.2 Å². The fraction of sp³-hybridized carbons (Fsp3) is 0.643. The molecule has 0 radical (unpaired) electrons. The van der Waals surface area contributed by atoms with Gasteiger partial charge in [0.2, 0.25) is 27.7 Å². The lowest BCUT2D eigenvalue weighted by atomic mass is 9.91. The van der Waals surface area contributed by atoms with Gasteiger partial charge in [0.1, 0.15) is 23.6 Å². The van der Waals surface area contributed by atoms with Crippen LogP contribution in [0.25, 0.3) is 10.9 Å². The molecule has 0 spiro atoms. The monoisotopic (exact) mass is 807 g/mol. The number of amides is 4. The molecule has 5 aliphatic rings. The standard InChI is InChI=1S/C42H57N5O9S/c1-26(2)55-36-22-35(30-15-16-34(54-5)27(3)37(30)44-36)56-29-21-32-33(48)24-42(39(50)45-57(52,53)41(4)17-18-41)23-28(42)13-9-7-6-8-10-14-31(38(49)47(32)25-29)43-40(51)46-19-11-12-20-46/h9,13,15-16,22,26,28-29,31-32H,6-8,10-12,14,17-21,23-25H2,1-5H3,(H,43,51)(H,45,50)/b13-9-/t28-,29-,31+,32+,42-/m1/s1. The summed E-state index contributed by atoms with van der Waals surface area (Å²) in [4.78, 5) is 64.9. The number of aromatic nitrogens is 1. The molecule has 2 saturated carbocycles. The zero-order valence-electron chi connectivity index (χ0n) is 33.8. The van der Waals surface area contributed by atoms with E-state index in [2.05, 4.69) is 10.0 Å². The van der Waals surface area contributed by atoms with Crippen LogP contribution in [0, 0.1) is 18.3 Å². The Labute approximate surface area is 335 Å². The molecule has 14 nitrogen and oxygen atoms in total. The van der Waals surface area contributed by atoms with Crippen LogP contribution in [0.4, 0.5) is 4.79 Å². The van der Waals surface area contributed by atoms with Crippen molar-refractivity contribution in [2.45, 2.75) is 134 Å². The van der Waals surface area contributed by atoms with Gasteiger partial charge < -0.3 is 29.3 Å². The average molecular weight is 808 g/mol. The molecule has 4 heterocycles. The number of likely N-dealkylation sites (tertiary alicyclic amines) is 1. The summed E-state index contributed by atoms with van der Waals surface area (Å²) in [6.07, 6.45) is 9.58. The number of ether oxygens (including phenoxy) is 3. The third kappa shape index (κ3) is 8.45. The van der Waals surface area contributed by atoms with E-state index in [1.54, 1.807) is 25.0 Å². The molecular weight excluding hydrogens is 751 g/mol. The summed E-state index contributed by atoms with van der Waals surface area (Å²) in [5.74, 6) is -0.244. The van der Waals surface area contributed by atoms with Gasteiger partial charge in [0.25, 0.3) is 0 Å². The third-order valence-corrected chi connectivity index (χ3v) is 14.7. The van der Waals surface area contributed by atoms with Crippen LogP contribution < -0.4 is 24.2 Å². The summed E-state index contributed by atoms with van der Waals surface area (Å²) < 4.78 is 46.1. The molecule has 4 amide bonds. The lowest BCUT2D eigenvalue weighted by molar-refractivity contribution is -0.140. The van der Waals surface area contributed by atoms with E-state index in [1.165, 1.54) is 4.90 Å². The number of aryl methyl sites for hydroxylation is 1. The number of Topliss-reactive ketones (excluding diaryl/α,β-unsaturated/α-hetero) is 1. The summed E-state index contributed by atoms with van der Waals surface area (Å²) in [5.41, 5.74) is 0.164. The number of nitrogens with zero attached hydrogens (tertiary/aromatic N) is 3. The number of pyridine rings is 1. The molecule has 15 heteroatoms. The number of nitrogens with one attached hydrogen (secondary N) is 2. The van der Waals surface area contributed by atoms with Crippen LogP contribution in [-0.4, -0.2) is 103 Å². The molecule has 4 fully saturated rings. The predicted octanol–water partition coefficient (Wildman–Crippen LogP) is 5.35. The van der Waals surface area contributed by atoms with Crippen molar-refractivity contribution in [1.82, 2.24) is 24.8 Å².